The summed E-state index contributed by atoms with van der Waals surface area (Å²) in [6.45, 7) is 0. The van der Waals surface area contributed by atoms with E-state index in [2.05, 4.69) is 23.6 Å². The fraction of sp³-hybridized carbons (Fsp3) is 0.286. The van der Waals surface area contributed by atoms with Gasteiger partial charge in [-0.2, -0.15) is 0 Å². The van der Waals surface area contributed by atoms with E-state index in [4.69, 9.17) is 23.2 Å². The Kier molecular flexibility index (Phi) is 4.90. The molecule has 2 rings (SSSR count). The summed E-state index contributed by atoms with van der Waals surface area (Å²) in [4.78, 5) is 1.40. The average Bonchev–Trinajstić information content (AvgIpc) is 2.81. The zero-order chi connectivity index (χ0) is 12.1. The van der Waals surface area contributed by atoms with Crippen LogP contribution in [0.25, 0.3) is 0 Å². The summed E-state index contributed by atoms with van der Waals surface area (Å²) in [5.74, 6) is 1.17. The van der Waals surface area contributed by atoms with E-state index in [9.17, 15) is 0 Å². The van der Waals surface area contributed by atoms with E-state index < -0.39 is 0 Å². The van der Waals surface area contributed by atoms with Crippen LogP contribution in [0.2, 0.25) is 5.02 Å². The highest BCUT2D eigenvalue weighted by molar-refractivity contribution is 7.09. The first kappa shape index (κ1) is 12.9. The Morgan fingerprint density at radius 2 is 2.00 bits per heavy atom. The van der Waals surface area contributed by atoms with E-state index in [0.29, 0.717) is 11.8 Å². The molecule has 0 spiro atoms. The van der Waals surface area contributed by atoms with Crippen molar-refractivity contribution >= 4 is 34.5 Å². The lowest BCUT2D eigenvalue weighted by Gasteiger charge is -2.13. The number of benzene rings is 1. The molecule has 0 fully saturated rings. The monoisotopic (exact) mass is 284 g/mol. The van der Waals surface area contributed by atoms with Crippen molar-refractivity contribution < 1.29 is 0 Å². The van der Waals surface area contributed by atoms with Crippen molar-refractivity contribution in [2.24, 2.45) is 5.92 Å². The van der Waals surface area contributed by atoms with Crippen molar-refractivity contribution in [2.75, 3.05) is 5.88 Å². The molecule has 0 saturated carbocycles. The Morgan fingerprint density at radius 1 is 1.12 bits per heavy atom. The maximum Gasteiger partial charge on any atom is 0.0408 e. The van der Waals surface area contributed by atoms with Crippen LogP contribution >= 0.6 is 34.5 Å². The summed E-state index contributed by atoms with van der Waals surface area (Å²) in [7, 11) is 0. The number of hydrogen-bond donors (Lipinski definition) is 0. The second-order valence-electron chi connectivity index (χ2n) is 4.14. The fourth-order valence-corrected chi connectivity index (χ4v) is 3.14. The first-order valence-corrected chi connectivity index (χ1v) is 7.40. The summed E-state index contributed by atoms with van der Waals surface area (Å²) in [5, 5.41) is 2.91. The maximum absolute atomic E-state index is 6.05. The zero-order valence-electron chi connectivity index (χ0n) is 9.40. The molecule has 0 radical (unpaired) electrons. The molecule has 3 heteroatoms. The third kappa shape index (κ3) is 4.02. The molecule has 0 amide bonds. The zero-order valence-corrected chi connectivity index (χ0v) is 11.7. The minimum atomic E-state index is 0.480. The van der Waals surface area contributed by atoms with E-state index in [-0.39, 0.29) is 0 Å². The quantitative estimate of drug-likeness (QED) is 0.675. The molecule has 1 aromatic heterocycles. The van der Waals surface area contributed by atoms with Crippen LogP contribution in [0.4, 0.5) is 0 Å². The summed E-state index contributed by atoms with van der Waals surface area (Å²) in [5.41, 5.74) is 1.26. The van der Waals surface area contributed by atoms with Crippen LogP contribution in [0.15, 0.2) is 41.8 Å². The summed E-state index contributed by atoms with van der Waals surface area (Å²) in [6.07, 6.45) is 2.04. The largest absolute Gasteiger partial charge is 0.149 e. The van der Waals surface area contributed by atoms with Crippen LogP contribution in [0.5, 0.6) is 0 Å². The predicted octanol–water partition coefficient (Wildman–Crippen LogP) is 5.04. The minimum absolute atomic E-state index is 0.480. The molecule has 0 nitrogen and oxygen atoms in total. The smallest absolute Gasteiger partial charge is 0.0408 e. The molecule has 0 aliphatic carbocycles. The van der Waals surface area contributed by atoms with Gasteiger partial charge in [-0.25, -0.2) is 0 Å². The number of thiophene rings is 1. The van der Waals surface area contributed by atoms with Crippen molar-refractivity contribution in [3.8, 4) is 0 Å². The van der Waals surface area contributed by atoms with Gasteiger partial charge in [-0.05, 0) is 47.9 Å². The van der Waals surface area contributed by atoms with E-state index in [1.54, 1.807) is 11.3 Å². The topological polar surface area (TPSA) is 0 Å². The average molecular weight is 285 g/mol. The number of halogens is 2. The van der Waals surface area contributed by atoms with Crippen molar-refractivity contribution in [1.82, 2.24) is 0 Å². The standard InChI is InChI=1S/C14H14Cl2S/c15-10-12(9-14-5-2-6-17-14)7-11-3-1-4-13(16)8-11/h1-6,8,12H,7,9-10H2. The van der Waals surface area contributed by atoms with E-state index in [0.717, 1.165) is 17.9 Å². The molecule has 0 aliphatic heterocycles. The Morgan fingerprint density at radius 3 is 2.65 bits per heavy atom. The maximum atomic E-state index is 6.05. The van der Waals surface area contributed by atoms with Crippen LogP contribution in [0.3, 0.4) is 0 Å². The highest BCUT2D eigenvalue weighted by Gasteiger charge is 2.10. The molecule has 1 unspecified atom stereocenters. The SMILES string of the molecule is ClCC(Cc1cccc(Cl)c1)Cc1cccs1. The molecule has 90 valence electrons. The fourth-order valence-electron chi connectivity index (χ4n) is 1.89. The van der Waals surface area contributed by atoms with Crippen molar-refractivity contribution in [1.29, 1.82) is 0 Å². The van der Waals surface area contributed by atoms with Gasteiger partial charge in [-0.3, -0.25) is 0 Å². The van der Waals surface area contributed by atoms with E-state index in [1.165, 1.54) is 10.4 Å². The van der Waals surface area contributed by atoms with Gasteiger partial charge in [0.05, 0.1) is 0 Å². The molecule has 0 N–H and O–H groups in total. The molecule has 0 saturated heterocycles. The molecular formula is C14H14Cl2S. The number of rotatable bonds is 5. The summed E-state index contributed by atoms with van der Waals surface area (Å²) < 4.78 is 0. The number of hydrogen-bond acceptors (Lipinski definition) is 1. The molecule has 0 bridgehead atoms. The van der Waals surface area contributed by atoms with Crippen molar-refractivity contribution in [3.63, 3.8) is 0 Å². The normalized spacial score (nSPS) is 12.6. The van der Waals surface area contributed by atoms with Gasteiger partial charge in [-0.1, -0.05) is 29.8 Å². The highest BCUT2D eigenvalue weighted by atomic mass is 35.5. The molecular weight excluding hydrogens is 271 g/mol. The Labute approximate surface area is 116 Å². The predicted molar refractivity (Wildman–Crippen MR) is 77.4 cm³/mol. The van der Waals surface area contributed by atoms with Gasteiger partial charge < -0.3 is 0 Å². The van der Waals surface area contributed by atoms with Gasteiger partial charge in [0, 0.05) is 15.8 Å². The summed E-state index contributed by atoms with van der Waals surface area (Å²) in [6, 6.07) is 12.3. The van der Waals surface area contributed by atoms with Crippen molar-refractivity contribution in [3.05, 3.63) is 57.2 Å². The molecule has 2 aromatic rings. The van der Waals surface area contributed by atoms with Gasteiger partial charge in [0.15, 0.2) is 0 Å². The van der Waals surface area contributed by atoms with Crippen LogP contribution < -0.4 is 0 Å². The van der Waals surface area contributed by atoms with Gasteiger partial charge >= 0.3 is 0 Å². The van der Waals surface area contributed by atoms with Crippen LogP contribution in [0, 0.1) is 5.92 Å². The van der Waals surface area contributed by atoms with Crippen LogP contribution in [-0.2, 0) is 12.8 Å². The van der Waals surface area contributed by atoms with E-state index in [1.807, 2.05) is 18.2 Å². The van der Waals surface area contributed by atoms with Gasteiger partial charge in [0.1, 0.15) is 0 Å². The second-order valence-corrected chi connectivity index (χ2v) is 5.92. The summed E-state index contributed by atoms with van der Waals surface area (Å²) >= 11 is 13.8. The Bertz CT molecular complexity index is 451. The first-order valence-electron chi connectivity index (χ1n) is 5.60. The Balaban J connectivity index is 2.00. The molecule has 0 aliphatic rings. The van der Waals surface area contributed by atoms with Gasteiger partial charge in [0.25, 0.3) is 0 Å². The third-order valence-electron chi connectivity index (χ3n) is 2.70. The lowest BCUT2D eigenvalue weighted by atomic mass is 9.97. The Hall–Kier alpha value is -0.500. The number of alkyl halides is 1. The molecule has 17 heavy (non-hydrogen) atoms. The van der Waals surface area contributed by atoms with Crippen LogP contribution in [-0.4, -0.2) is 5.88 Å². The lowest BCUT2D eigenvalue weighted by molar-refractivity contribution is 0.589. The molecule has 1 heterocycles. The van der Waals surface area contributed by atoms with Crippen LogP contribution in [0.1, 0.15) is 10.4 Å². The first-order chi connectivity index (χ1) is 8.28. The van der Waals surface area contributed by atoms with Crippen molar-refractivity contribution in [2.45, 2.75) is 12.8 Å². The molecule has 1 aromatic carbocycles. The molecule has 1 atom stereocenters. The van der Waals surface area contributed by atoms with E-state index >= 15 is 0 Å². The second kappa shape index (κ2) is 6.44. The van der Waals surface area contributed by atoms with Gasteiger partial charge in [0.2, 0.25) is 0 Å². The minimum Gasteiger partial charge on any atom is -0.149 e. The van der Waals surface area contributed by atoms with Gasteiger partial charge in [-0.15, -0.1) is 22.9 Å². The third-order valence-corrected chi connectivity index (χ3v) is 4.27. The highest BCUT2D eigenvalue weighted by Crippen LogP contribution is 2.20. The lowest BCUT2D eigenvalue weighted by Crippen LogP contribution is -2.09.